The summed E-state index contributed by atoms with van der Waals surface area (Å²) in [6.07, 6.45) is 9.30. The van der Waals surface area contributed by atoms with Crippen LogP contribution in [0.25, 0.3) is 82.9 Å². The smallest absolute Gasteiger partial charge is 0.0717 e. The second kappa shape index (κ2) is 11.2. The summed E-state index contributed by atoms with van der Waals surface area (Å²) in [5, 5.41) is 4.89. The largest absolute Gasteiger partial charge is 0.309 e. The van der Waals surface area contributed by atoms with Gasteiger partial charge in [-0.05, 0) is 87.8 Å². The molecule has 0 aliphatic heterocycles. The molecule has 0 aliphatic carbocycles. The number of pyridine rings is 3. The molecular weight excluding hydrogens is 573 g/mol. The zero-order valence-corrected chi connectivity index (χ0v) is 25.5. The van der Waals surface area contributed by atoms with Gasteiger partial charge in [0.15, 0.2) is 0 Å². The maximum Gasteiger partial charge on any atom is 0.0717 e. The van der Waals surface area contributed by atoms with E-state index in [1.807, 2.05) is 61.3 Å². The van der Waals surface area contributed by atoms with E-state index < -0.39 is 0 Å². The Balaban J connectivity index is 1.20. The summed E-state index contributed by atoms with van der Waals surface area (Å²) in [5.41, 5.74) is 12.3. The number of rotatable bonds is 5. The van der Waals surface area contributed by atoms with Crippen LogP contribution in [0.1, 0.15) is 0 Å². The monoisotopic (exact) mass is 600 g/mol. The molecule has 0 N–H and O–H groups in total. The van der Waals surface area contributed by atoms with Crippen LogP contribution in [-0.4, -0.2) is 19.5 Å². The van der Waals surface area contributed by atoms with Gasteiger partial charge in [0, 0.05) is 64.0 Å². The quantitative estimate of drug-likeness (QED) is 0.197. The van der Waals surface area contributed by atoms with Crippen LogP contribution in [0.2, 0.25) is 0 Å². The number of aromatic nitrogens is 4. The topological polar surface area (TPSA) is 43.6 Å². The third-order valence-corrected chi connectivity index (χ3v) is 9.02. The summed E-state index contributed by atoms with van der Waals surface area (Å²) in [5.74, 6) is 0. The molecule has 0 bridgehead atoms. The lowest BCUT2D eigenvalue weighted by Crippen LogP contribution is -1.94. The zero-order chi connectivity index (χ0) is 31.2. The lowest BCUT2D eigenvalue weighted by molar-refractivity contribution is 1.19. The molecular formula is C43H28N4. The van der Waals surface area contributed by atoms with Gasteiger partial charge in [0.05, 0.1) is 16.7 Å². The van der Waals surface area contributed by atoms with Crippen LogP contribution in [0.5, 0.6) is 0 Å². The van der Waals surface area contributed by atoms with Gasteiger partial charge in [-0.25, -0.2) is 0 Å². The molecule has 4 heteroatoms. The predicted octanol–water partition coefficient (Wildman–Crippen LogP) is 10.8. The van der Waals surface area contributed by atoms with Gasteiger partial charge in [0.2, 0.25) is 0 Å². The van der Waals surface area contributed by atoms with Crippen LogP contribution in [0.4, 0.5) is 0 Å². The molecule has 0 atom stereocenters. The maximum atomic E-state index is 4.59. The minimum absolute atomic E-state index is 0.914. The highest BCUT2D eigenvalue weighted by molar-refractivity contribution is 6.19. The highest BCUT2D eigenvalue weighted by Crippen LogP contribution is 2.39. The van der Waals surface area contributed by atoms with Crippen LogP contribution in [0.3, 0.4) is 0 Å². The van der Waals surface area contributed by atoms with E-state index >= 15 is 0 Å². The summed E-state index contributed by atoms with van der Waals surface area (Å²) < 4.78 is 2.41. The molecule has 0 aliphatic rings. The van der Waals surface area contributed by atoms with Crippen molar-refractivity contribution in [3.05, 3.63) is 171 Å². The molecule has 5 aromatic carbocycles. The normalized spacial score (nSPS) is 11.4. The van der Waals surface area contributed by atoms with E-state index in [-0.39, 0.29) is 0 Å². The summed E-state index contributed by atoms with van der Waals surface area (Å²) in [6, 6.07) is 49.8. The first-order chi connectivity index (χ1) is 23.3. The van der Waals surface area contributed by atoms with Gasteiger partial charge in [-0.2, -0.15) is 0 Å². The molecule has 0 spiro atoms. The van der Waals surface area contributed by atoms with Gasteiger partial charge in [-0.15, -0.1) is 0 Å². The van der Waals surface area contributed by atoms with Crippen molar-refractivity contribution in [1.29, 1.82) is 0 Å². The molecule has 0 fully saturated rings. The van der Waals surface area contributed by atoms with Gasteiger partial charge in [-0.3, -0.25) is 15.0 Å². The zero-order valence-electron chi connectivity index (χ0n) is 25.5. The van der Waals surface area contributed by atoms with Crippen molar-refractivity contribution in [2.45, 2.75) is 0 Å². The van der Waals surface area contributed by atoms with E-state index in [4.69, 9.17) is 0 Å². The Hall–Kier alpha value is -6.39. The molecule has 0 saturated heterocycles. The average Bonchev–Trinajstić information content (AvgIpc) is 3.50. The van der Waals surface area contributed by atoms with Crippen molar-refractivity contribution in [1.82, 2.24) is 19.5 Å². The molecule has 0 radical (unpaired) electrons. The molecule has 4 aromatic heterocycles. The second-order valence-corrected chi connectivity index (χ2v) is 11.8. The first-order valence-electron chi connectivity index (χ1n) is 15.7. The Morgan fingerprint density at radius 3 is 1.85 bits per heavy atom. The van der Waals surface area contributed by atoms with E-state index in [0.717, 1.165) is 33.6 Å². The SMILES string of the molecule is c1ccc(-n2c3cc(-c4cncc(-c5ccccn5)c4)ccc3c3ccc4cc(-c5ccc(-c6ccncc6)cc5)ccc4c32)cc1. The van der Waals surface area contributed by atoms with Crippen molar-refractivity contribution < 1.29 is 0 Å². The van der Waals surface area contributed by atoms with Crippen molar-refractivity contribution in [2.75, 3.05) is 0 Å². The third kappa shape index (κ3) is 4.75. The first-order valence-corrected chi connectivity index (χ1v) is 15.7. The van der Waals surface area contributed by atoms with Crippen LogP contribution in [0, 0.1) is 0 Å². The molecule has 0 amide bonds. The van der Waals surface area contributed by atoms with Crippen molar-refractivity contribution in [2.24, 2.45) is 0 Å². The number of fused-ring (bicyclic) bond motifs is 5. The maximum absolute atomic E-state index is 4.59. The summed E-state index contributed by atoms with van der Waals surface area (Å²) in [4.78, 5) is 13.3. The Morgan fingerprint density at radius 1 is 0.404 bits per heavy atom. The molecule has 4 heterocycles. The third-order valence-electron chi connectivity index (χ3n) is 9.02. The van der Waals surface area contributed by atoms with Crippen LogP contribution >= 0.6 is 0 Å². The van der Waals surface area contributed by atoms with E-state index in [9.17, 15) is 0 Å². The van der Waals surface area contributed by atoms with Gasteiger partial charge in [0.25, 0.3) is 0 Å². The number of benzene rings is 5. The Kier molecular flexibility index (Phi) is 6.43. The highest BCUT2D eigenvalue weighted by Gasteiger charge is 2.17. The van der Waals surface area contributed by atoms with Gasteiger partial charge in [-0.1, -0.05) is 84.9 Å². The summed E-state index contributed by atoms with van der Waals surface area (Å²) in [7, 11) is 0. The predicted molar refractivity (Wildman–Crippen MR) is 193 cm³/mol. The van der Waals surface area contributed by atoms with Gasteiger partial charge < -0.3 is 4.57 Å². The fourth-order valence-electron chi connectivity index (χ4n) is 6.71. The molecule has 4 nitrogen and oxygen atoms in total. The minimum atomic E-state index is 0.914. The Bertz CT molecular complexity index is 2540. The van der Waals surface area contributed by atoms with Gasteiger partial charge >= 0.3 is 0 Å². The Morgan fingerprint density at radius 2 is 1.06 bits per heavy atom. The van der Waals surface area contributed by atoms with Crippen LogP contribution in [-0.2, 0) is 0 Å². The number of para-hydroxylation sites is 1. The van der Waals surface area contributed by atoms with Crippen LogP contribution in [0.15, 0.2) is 171 Å². The number of nitrogens with zero attached hydrogens (tertiary/aromatic N) is 4. The van der Waals surface area contributed by atoms with Crippen molar-refractivity contribution >= 4 is 32.6 Å². The molecule has 220 valence electrons. The summed E-state index contributed by atoms with van der Waals surface area (Å²) in [6.45, 7) is 0. The van der Waals surface area contributed by atoms with Gasteiger partial charge in [0.1, 0.15) is 0 Å². The fraction of sp³-hybridized carbons (Fsp3) is 0. The summed E-state index contributed by atoms with van der Waals surface area (Å²) >= 11 is 0. The minimum Gasteiger partial charge on any atom is -0.309 e. The van der Waals surface area contributed by atoms with Crippen molar-refractivity contribution in [3.63, 3.8) is 0 Å². The van der Waals surface area contributed by atoms with Crippen molar-refractivity contribution in [3.8, 4) is 50.3 Å². The lowest BCUT2D eigenvalue weighted by atomic mass is 9.97. The molecule has 0 saturated carbocycles. The lowest BCUT2D eigenvalue weighted by Gasteiger charge is -2.12. The van der Waals surface area contributed by atoms with Crippen LogP contribution < -0.4 is 0 Å². The van der Waals surface area contributed by atoms with E-state index in [2.05, 4.69) is 129 Å². The second-order valence-electron chi connectivity index (χ2n) is 11.8. The van der Waals surface area contributed by atoms with E-state index in [1.165, 1.54) is 49.3 Å². The molecule has 0 unspecified atom stereocenters. The molecule has 9 aromatic rings. The standard InChI is InChI=1S/C43H28N4/c1-2-6-37(7-3-1)47-42-26-33(35-25-36(28-45-27-35)41-8-4-5-21-46-41)14-17-39(42)40-18-15-34-24-32(13-16-38(34)43(40)47)30-11-9-29(10-12-30)31-19-22-44-23-20-31/h1-28H. The highest BCUT2D eigenvalue weighted by atomic mass is 15.0. The number of hydrogen-bond acceptors (Lipinski definition) is 3. The average molecular weight is 601 g/mol. The van der Waals surface area contributed by atoms with E-state index in [0.29, 0.717) is 0 Å². The first kappa shape index (κ1) is 27.0. The van der Waals surface area contributed by atoms with E-state index in [1.54, 1.807) is 0 Å². The fourth-order valence-corrected chi connectivity index (χ4v) is 6.71. The Labute approximate surface area is 272 Å². The number of hydrogen-bond donors (Lipinski definition) is 0. The molecule has 9 rings (SSSR count). The molecule has 47 heavy (non-hydrogen) atoms.